The molecule has 0 fully saturated rings. The zero-order valence-electron chi connectivity index (χ0n) is 15.2. The molecule has 0 saturated heterocycles. The summed E-state index contributed by atoms with van der Waals surface area (Å²) in [7, 11) is 0. The van der Waals surface area contributed by atoms with Gasteiger partial charge in [0.05, 0.1) is 0 Å². The van der Waals surface area contributed by atoms with Gasteiger partial charge in [-0.3, -0.25) is 4.79 Å². The number of nitrogens with zero attached hydrogens (tertiary/aromatic N) is 2. The number of hydrogen-bond donors (Lipinski definition) is 2. The Morgan fingerprint density at radius 2 is 1.81 bits per heavy atom. The standard InChI is InChI=1S/C21H22N4O/c1-4-16-6-8-17(9-7-16)23-21-22-12-11-19(25-21)20(26)24-18-10-5-14(2)13-15(18)3/h5-13H,4H2,1-3H3,(H,24,26)(H,22,23,25). The first-order valence-electron chi connectivity index (χ1n) is 8.63. The molecule has 132 valence electrons. The topological polar surface area (TPSA) is 66.9 Å². The smallest absolute Gasteiger partial charge is 0.274 e. The van der Waals surface area contributed by atoms with E-state index in [2.05, 4.69) is 39.7 Å². The molecule has 2 N–H and O–H groups in total. The molecule has 0 radical (unpaired) electrons. The highest BCUT2D eigenvalue weighted by molar-refractivity contribution is 6.03. The fraction of sp³-hybridized carbons (Fsp3) is 0.190. The number of rotatable bonds is 5. The Morgan fingerprint density at radius 1 is 1.04 bits per heavy atom. The average Bonchev–Trinajstić information content (AvgIpc) is 2.65. The highest BCUT2D eigenvalue weighted by Crippen LogP contribution is 2.18. The largest absolute Gasteiger partial charge is 0.324 e. The summed E-state index contributed by atoms with van der Waals surface area (Å²) < 4.78 is 0. The van der Waals surface area contributed by atoms with Crippen LogP contribution in [0.3, 0.4) is 0 Å². The number of anilines is 3. The third-order valence-corrected chi connectivity index (χ3v) is 4.14. The van der Waals surface area contributed by atoms with Gasteiger partial charge in [-0.25, -0.2) is 9.97 Å². The molecule has 0 aliphatic carbocycles. The minimum atomic E-state index is -0.260. The predicted octanol–water partition coefficient (Wildman–Crippen LogP) is 4.65. The quantitative estimate of drug-likeness (QED) is 0.705. The molecule has 5 heteroatoms. The van der Waals surface area contributed by atoms with Crippen LogP contribution >= 0.6 is 0 Å². The van der Waals surface area contributed by atoms with Crippen LogP contribution in [-0.4, -0.2) is 15.9 Å². The minimum Gasteiger partial charge on any atom is -0.324 e. The zero-order valence-corrected chi connectivity index (χ0v) is 15.2. The van der Waals surface area contributed by atoms with Gasteiger partial charge in [-0.2, -0.15) is 0 Å². The molecule has 0 aliphatic rings. The van der Waals surface area contributed by atoms with Crippen LogP contribution in [-0.2, 0) is 6.42 Å². The summed E-state index contributed by atoms with van der Waals surface area (Å²) in [5.41, 5.74) is 5.41. The lowest BCUT2D eigenvalue weighted by Crippen LogP contribution is -2.15. The number of nitrogens with one attached hydrogen (secondary N) is 2. The Bertz CT molecular complexity index is 920. The van der Waals surface area contributed by atoms with Crippen LogP contribution < -0.4 is 10.6 Å². The first kappa shape index (κ1) is 17.6. The first-order valence-corrected chi connectivity index (χ1v) is 8.63. The highest BCUT2D eigenvalue weighted by Gasteiger charge is 2.11. The van der Waals surface area contributed by atoms with E-state index in [1.807, 2.05) is 44.2 Å². The molecule has 0 unspecified atom stereocenters. The van der Waals surface area contributed by atoms with Gasteiger partial charge in [0.1, 0.15) is 5.69 Å². The van der Waals surface area contributed by atoms with Gasteiger partial charge in [0.25, 0.3) is 5.91 Å². The molecule has 3 rings (SSSR count). The Kier molecular flexibility index (Phi) is 5.27. The fourth-order valence-electron chi connectivity index (χ4n) is 2.64. The van der Waals surface area contributed by atoms with Crippen molar-refractivity contribution in [3.8, 4) is 0 Å². The lowest BCUT2D eigenvalue weighted by Gasteiger charge is -2.10. The van der Waals surface area contributed by atoms with Crippen LogP contribution in [0.2, 0.25) is 0 Å². The van der Waals surface area contributed by atoms with Gasteiger partial charge >= 0.3 is 0 Å². The maximum atomic E-state index is 12.5. The summed E-state index contributed by atoms with van der Waals surface area (Å²) in [4.78, 5) is 21.0. The Morgan fingerprint density at radius 3 is 2.50 bits per heavy atom. The minimum absolute atomic E-state index is 0.260. The van der Waals surface area contributed by atoms with Crippen molar-refractivity contribution >= 4 is 23.2 Å². The molecule has 3 aromatic rings. The second kappa shape index (κ2) is 7.78. The summed E-state index contributed by atoms with van der Waals surface area (Å²) in [6.45, 7) is 6.10. The first-order chi connectivity index (χ1) is 12.5. The summed E-state index contributed by atoms with van der Waals surface area (Å²) in [5.74, 6) is 0.131. The highest BCUT2D eigenvalue weighted by atomic mass is 16.1. The van der Waals surface area contributed by atoms with E-state index >= 15 is 0 Å². The maximum Gasteiger partial charge on any atom is 0.274 e. The van der Waals surface area contributed by atoms with Crippen molar-refractivity contribution in [2.24, 2.45) is 0 Å². The molecule has 26 heavy (non-hydrogen) atoms. The number of benzene rings is 2. The molecule has 0 saturated carbocycles. The summed E-state index contributed by atoms with van der Waals surface area (Å²) >= 11 is 0. The van der Waals surface area contributed by atoms with E-state index < -0.39 is 0 Å². The van der Waals surface area contributed by atoms with Crippen molar-refractivity contribution in [2.75, 3.05) is 10.6 Å². The summed E-state index contributed by atoms with van der Waals surface area (Å²) in [6, 6.07) is 15.6. The normalized spacial score (nSPS) is 10.4. The van der Waals surface area contributed by atoms with Crippen molar-refractivity contribution in [3.63, 3.8) is 0 Å². The van der Waals surface area contributed by atoms with Gasteiger partial charge in [0.2, 0.25) is 5.95 Å². The molecule has 1 amide bonds. The van der Waals surface area contributed by atoms with Gasteiger partial charge in [-0.1, -0.05) is 36.8 Å². The van der Waals surface area contributed by atoms with E-state index in [0.29, 0.717) is 11.6 Å². The van der Waals surface area contributed by atoms with Crippen LogP contribution in [0.15, 0.2) is 54.7 Å². The molecule has 1 aromatic heterocycles. The van der Waals surface area contributed by atoms with Gasteiger partial charge < -0.3 is 10.6 Å². The molecule has 1 heterocycles. The Hall–Kier alpha value is -3.21. The van der Waals surface area contributed by atoms with Crippen LogP contribution in [0.1, 0.15) is 34.1 Å². The van der Waals surface area contributed by atoms with Crippen LogP contribution in [0.5, 0.6) is 0 Å². The van der Waals surface area contributed by atoms with Crippen molar-refractivity contribution in [3.05, 3.63) is 77.1 Å². The number of carbonyl (C=O) groups excluding carboxylic acids is 1. The van der Waals surface area contributed by atoms with E-state index in [1.165, 1.54) is 5.56 Å². The van der Waals surface area contributed by atoms with Gasteiger partial charge in [-0.05, 0) is 55.7 Å². The molecule has 0 bridgehead atoms. The van der Waals surface area contributed by atoms with Crippen molar-refractivity contribution in [1.82, 2.24) is 9.97 Å². The summed E-state index contributed by atoms with van der Waals surface area (Å²) in [6.07, 6.45) is 2.57. The molecule has 5 nitrogen and oxygen atoms in total. The zero-order chi connectivity index (χ0) is 18.5. The van der Waals surface area contributed by atoms with Crippen LogP contribution in [0, 0.1) is 13.8 Å². The number of aromatic nitrogens is 2. The maximum absolute atomic E-state index is 12.5. The lowest BCUT2D eigenvalue weighted by atomic mass is 10.1. The SMILES string of the molecule is CCc1ccc(Nc2nccc(C(=O)Nc3ccc(C)cc3C)n2)cc1. The van der Waals surface area contributed by atoms with Crippen molar-refractivity contribution in [1.29, 1.82) is 0 Å². The van der Waals surface area contributed by atoms with Crippen LogP contribution in [0.25, 0.3) is 0 Å². The van der Waals surface area contributed by atoms with E-state index in [4.69, 9.17) is 0 Å². The summed E-state index contributed by atoms with van der Waals surface area (Å²) in [5, 5.41) is 6.03. The molecular weight excluding hydrogens is 324 g/mol. The van der Waals surface area contributed by atoms with Crippen LogP contribution in [0.4, 0.5) is 17.3 Å². The molecule has 0 spiro atoms. The van der Waals surface area contributed by atoms with Crippen molar-refractivity contribution < 1.29 is 4.79 Å². The molecular formula is C21H22N4O. The fourth-order valence-corrected chi connectivity index (χ4v) is 2.64. The lowest BCUT2D eigenvalue weighted by molar-refractivity contribution is 0.102. The third-order valence-electron chi connectivity index (χ3n) is 4.14. The van der Waals surface area contributed by atoms with Gasteiger partial charge in [-0.15, -0.1) is 0 Å². The molecule has 0 aliphatic heterocycles. The number of hydrogen-bond acceptors (Lipinski definition) is 4. The monoisotopic (exact) mass is 346 g/mol. The van der Waals surface area contributed by atoms with Crippen molar-refractivity contribution in [2.45, 2.75) is 27.2 Å². The molecule has 2 aromatic carbocycles. The van der Waals surface area contributed by atoms with E-state index in [9.17, 15) is 4.79 Å². The molecule has 0 atom stereocenters. The second-order valence-corrected chi connectivity index (χ2v) is 6.21. The van der Waals surface area contributed by atoms with E-state index in [0.717, 1.165) is 28.9 Å². The van der Waals surface area contributed by atoms with Gasteiger partial charge in [0, 0.05) is 17.6 Å². The Balaban J connectivity index is 1.74. The van der Waals surface area contributed by atoms with E-state index in [-0.39, 0.29) is 5.91 Å². The number of aryl methyl sites for hydroxylation is 3. The van der Waals surface area contributed by atoms with Gasteiger partial charge in [0.15, 0.2) is 0 Å². The third kappa shape index (κ3) is 4.25. The second-order valence-electron chi connectivity index (χ2n) is 6.21. The predicted molar refractivity (Wildman–Crippen MR) is 105 cm³/mol. The number of amides is 1. The average molecular weight is 346 g/mol. The number of carbonyl (C=O) groups is 1. The van der Waals surface area contributed by atoms with E-state index in [1.54, 1.807) is 12.3 Å². The Labute approximate surface area is 153 Å².